The Morgan fingerprint density at radius 1 is 1.20 bits per heavy atom. The molecule has 15 heavy (non-hydrogen) atoms. The molecule has 0 aliphatic rings. The molecule has 0 saturated carbocycles. The normalized spacial score (nSPS) is 10.2. The van der Waals surface area contributed by atoms with Gasteiger partial charge in [-0.15, -0.1) is 0 Å². The first-order valence-electron chi connectivity index (χ1n) is 5.08. The summed E-state index contributed by atoms with van der Waals surface area (Å²) < 4.78 is 0. The average Bonchev–Trinajstić information content (AvgIpc) is 2.78. The van der Waals surface area contributed by atoms with Gasteiger partial charge in [-0.05, 0) is 12.5 Å². The quantitative estimate of drug-likeness (QED) is 0.757. The van der Waals surface area contributed by atoms with E-state index in [1.165, 1.54) is 0 Å². The van der Waals surface area contributed by atoms with Gasteiger partial charge in [0.1, 0.15) is 0 Å². The smallest absolute Gasteiger partial charge is 0.194 e. The molecule has 2 heteroatoms. The number of H-pyrrole nitrogens is 1. The zero-order valence-electron chi connectivity index (χ0n) is 8.66. The second-order valence-electron chi connectivity index (χ2n) is 3.46. The summed E-state index contributed by atoms with van der Waals surface area (Å²) in [6.45, 7) is 2.06. The van der Waals surface area contributed by atoms with Gasteiger partial charge >= 0.3 is 0 Å². The van der Waals surface area contributed by atoms with Gasteiger partial charge in [0.2, 0.25) is 0 Å². The summed E-state index contributed by atoms with van der Waals surface area (Å²) in [5.41, 5.74) is 2.56. The molecule has 1 aromatic heterocycles. The van der Waals surface area contributed by atoms with E-state index in [2.05, 4.69) is 11.9 Å². The maximum atomic E-state index is 12.0. The van der Waals surface area contributed by atoms with Gasteiger partial charge < -0.3 is 4.98 Å². The second kappa shape index (κ2) is 4.13. The van der Waals surface area contributed by atoms with E-state index in [-0.39, 0.29) is 5.78 Å². The molecule has 2 aromatic rings. The Balaban J connectivity index is 2.29. The largest absolute Gasteiger partial charge is 0.364 e. The maximum Gasteiger partial charge on any atom is 0.194 e. The van der Waals surface area contributed by atoms with Gasteiger partial charge in [0.05, 0.1) is 0 Å². The molecule has 2 nitrogen and oxygen atoms in total. The minimum atomic E-state index is 0.0755. The molecule has 0 spiro atoms. The Hall–Kier alpha value is -1.83. The third kappa shape index (κ3) is 1.99. The van der Waals surface area contributed by atoms with Gasteiger partial charge in [-0.2, -0.15) is 0 Å². The SMILES string of the molecule is CCc1cc(C(=O)c2ccccc2)c[nH]1. The highest BCUT2D eigenvalue weighted by Gasteiger charge is 2.09. The summed E-state index contributed by atoms with van der Waals surface area (Å²) in [7, 11) is 0. The van der Waals surface area contributed by atoms with Crippen LogP contribution in [0.5, 0.6) is 0 Å². The number of carbonyl (C=O) groups excluding carboxylic acids is 1. The molecule has 0 amide bonds. The molecule has 76 valence electrons. The average molecular weight is 199 g/mol. The number of aromatic nitrogens is 1. The van der Waals surface area contributed by atoms with Crippen molar-refractivity contribution in [3.63, 3.8) is 0 Å². The fourth-order valence-electron chi connectivity index (χ4n) is 1.53. The Bertz CT molecular complexity index is 456. The van der Waals surface area contributed by atoms with Crippen molar-refractivity contribution in [2.24, 2.45) is 0 Å². The first-order valence-corrected chi connectivity index (χ1v) is 5.08. The molecule has 1 heterocycles. The van der Waals surface area contributed by atoms with E-state index in [1.807, 2.05) is 36.4 Å². The van der Waals surface area contributed by atoms with Gasteiger partial charge in [-0.25, -0.2) is 0 Å². The van der Waals surface area contributed by atoms with Crippen LogP contribution in [0, 0.1) is 0 Å². The van der Waals surface area contributed by atoms with Crippen LogP contribution in [0.4, 0.5) is 0 Å². The van der Waals surface area contributed by atoms with E-state index in [4.69, 9.17) is 0 Å². The molecule has 2 rings (SSSR count). The van der Waals surface area contributed by atoms with Crippen LogP contribution in [0.25, 0.3) is 0 Å². The number of carbonyl (C=O) groups is 1. The van der Waals surface area contributed by atoms with Crippen LogP contribution in [0.15, 0.2) is 42.6 Å². The van der Waals surface area contributed by atoms with Crippen LogP contribution in [0.2, 0.25) is 0 Å². The Morgan fingerprint density at radius 3 is 2.53 bits per heavy atom. The highest BCUT2D eigenvalue weighted by molar-refractivity contribution is 6.08. The number of ketones is 1. The summed E-state index contributed by atoms with van der Waals surface area (Å²) in [4.78, 5) is 15.0. The van der Waals surface area contributed by atoms with Crippen LogP contribution in [-0.4, -0.2) is 10.8 Å². The summed E-state index contributed by atoms with van der Waals surface area (Å²) in [5, 5.41) is 0. The van der Waals surface area contributed by atoms with Crippen molar-refractivity contribution in [3.8, 4) is 0 Å². The number of aryl methyl sites for hydroxylation is 1. The van der Waals surface area contributed by atoms with Gasteiger partial charge in [0.25, 0.3) is 0 Å². The lowest BCUT2D eigenvalue weighted by molar-refractivity contribution is 0.103. The number of nitrogens with one attached hydrogen (secondary N) is 1. The van der Waals surface area contributed by atoms with Crippen LogP contribution in [0.1, 0.15) is 28.5 Å². The van der Waals surface area contributed by atoms with Crippen LogP contribution in [-0.2, 0) is 6.42 Å². The fourth-order valence-corrected chi connectivity index (χ4v) is 1.53. The van der Waals surface area contributed by atoms with Crippen molar-refractivity contribution < 1.29 is 4.79 Å². The highest BCUT2D eigenvalue weighted by Crippen LogP contribution is 2.11. The van der Waals surface area contributed by atoms with Crippen molar-refractivity contribution in [1.82, 2.24) is 4.98 Å². The maximum absolute atomic E-state index is 12.0. The number of hydrogen-bond acceptors (Lipinski definition) is 1. The zero-order chi connectivity index (χ0) is 10.7. The monoisotopic (exact) mass is 199 g/mol. The van der Waals surface area contributed by atoms with E-state index >= 15 is 0 Å². The molecule has 0 radical (unpaired) electrons. The predicted molar refractivity (Wildman–Crippen MR) is 60.0 cm³/mol. The molecule has 0 atom stereocenters. The van der Waals surface area contributed by atoms with Gasteiger partial charge in [-0.1, -0.05) is 37.3 Å². The lowest BCUT2D eigenvalue weighted by atomic mass is 10.1. The van der Waals surface area contributed by atoms with Crippen molar-refractivity contribution in [3.05, 3.63) is 59.4 Å². The molecule has 0 bridgehead atoms. The summed E-state index contributed by atoms with van der Waals surface area (Å²) in [5.74, 6) is 0.0755. The molecule has 0 aliphatic carbocycles. The Labute approximate surface area is 89.0 Å². The van der Waals surface area contributed by atoms with Crippen molar-refractivity contribution in [1.29, 1.82) is 0 Å². The second-order valence-corrected chi connectivity index (χ2v) is 3.46. The van der Waals surface area contributed by atoms with Crippen LogP contribution in [0.3, 0.4) is 0 Å². The van der Waals surface area contributed by atoms with Gasteiger partial charge in [-0.3, -0.25) is 4.79 Å². The summed E-state index contributed by atoms with van der Waals surface area (Å²) in [6, 6.07) is 11.2. The molecular formula is C13H13NO. The third-order valence-corrected chi connectivity index (χ3v) is 2.42. The first kappa shape index (κ1) is 9.71. The zero-order valence-corrected chi connectivity index (χ0v) is 8.66. The van der Waals surface area contributed by atoms with E-state index in [0.29, 0.717) is 0 Å². The Kier molecular flexibility index (Phi) is 2.68. The topological polar surface area (TPSA) is 32.9 Å². The molecule has 1 aromatic carbocycles. The van der Waals surface area contributed by atoms with Crippen molar-refractivity contribution in [2.45, 2.75) is 13.3 Å². The van der Waals surface area contributed by atoms with Crippen LogP contribution >= 0.6 is 0 Å². The third-order valence-electron chi connectivity index (χ3n) is 2.42. The van der Waals surface area contributed by atoms with Crippen molar-refractivity contribution in [2.75, 3.05) is 0 Å². The minimum absolute atomic E-state index is 0.0755. The number of rotatable bonds is 3. The van der Waals surface area contributed by atoms with E-state index < -0.39 is 0 Å². The predicted octanol–water partition coefficient (Wildman–Crippen LogP) is 2.81. The fraction of sp³-hybridized carbons (Fsp3) is 0.154. The highest BCUT2D eigenvalue weighted by atomic mass is 16.1. The van der Waals surface area contributed by atoms with E-state index in [9.17, 15) is 4.79 Å². The van der Waals surface area contributed by atoms with E-state index in [0.717, 1.165) is 23.2 Å². The lowest BCUT2D eigenvalue weighted by Crippen LogP contribution is -1.98. The first-order chi connectivity index (χ1) is 7.31. The molecular weight excluding hydrogens is 186 g/mol. The van der Waals surface area contributed by atoms with Gasteiger partial charge in [0.15, 0.2) is 5.78 Å². The summed E-state index contributed by atoms with van der Waals surface area (Å²) >= 11 is 0. The van der Waals surface area contributed by atoms with Crippen LogP contribution < -0.4 is 0 Å². The lowest BCUT2D eigenvalue weighted by Gasteiger charge is -1.96. The number of benzene rings is 1. The van der Waals surface area contributed by atoms with Crippen molar-refractivity contribution >= 4 is 5.78 Å². The number of aromatic amines is 1. The van der Waals surface area contributed by atoms with Gasteiger partial charge in [0, 0.05) is 23.0 Å². The summed E-state index contributed by atoms with van der Waals surface area (Å²) in [6.07, 6.45) is 2.69. The Morgan fingerprint density at radius 2 is 1.93 bits per heavy atom. The minimum Gasteiger partial charge on any atom is -0.364 e. The molecule has 0 fully saturated rings. The standard InChI is InChI=1S/C13H13NO/c1-2-12-8-11(9-14-12)13(15)10-6-4-3-5-7-10/h3-9,14H,2H2,1H3. The molecule has 0 unspecified atom stereocenters. The molecule has 0 aliphatic heterocycles. The molecule has 1 N–H and O–H groups in total. The van der Waals surface area contributed by atoms with E-state index in [1.54, 1.807) is 6.20 Å². The number of hydrogen-bond donors (Lipinski definition) is 1. The molecule has 0 saturated heterocycles.